The number of fused-ring (bicyclic) bond motifs is 1. The lowest BCUT2D eigenvalue weighted by Crippen LogP contribution is -1.91. The van der Waals surface area contributed by atoms with Crippen LogP contribution in [0.25, 0.3) is 22.2 Å². The minimum Gasteiger partial charge on any atom is -0.218 e. The van der Waals surface area contributed by atoms with Crippen LogP contribution < -0.4 is 0 Å². The van der Waals surface area contributed by atoms with Gasteiger partial charge in [-0.15, -0.1) is 0 Å². The number of benzene rings is 2. The van der Waals surface area contributed by atoms with E-state index in [1.54, 1.807) is 0 Å². The lowest BCUT2D eigenvalue weighted by Gasteiger charge is -2.06. The van der Waals surface area contributed by atoms with Crippen molar-refractivity contribution in [3.63, 3.8) is 0 Å². The van der Waals surface area contributed by atoms with Crippen molar-refractivity contribution in [3.8, 4) is 11.3 Å². The third-order valence-corrected chi connectivity index (χ3v) is 3.04. The second-order valence-electron chi connectivity index (χ2n) is 4.23. The summed E-state index contributed by atoms with van der Waals surface area (Å²) in [5.41, 5.74) is 3.98. The Morgan fingerprint density at radius 3 is 2.50 bits per heavy atom. The molecular weight excluding hydrogens is 244 g/mol. The third kappa shape index (κ3) is 1.95. The molecule has 3 aromatic rings. The maximum absolute atomic E-state index is 6.00. The van der Waals surface area contributed by atoms with Crippen molar-refractivity contribution >= 4 is 22.5 Å². The molecule has 0 saturated carbocycles. The molecular formula is C15H11ClN2. The van der Waals surface area contributed by atoms with E-state index in [4.69, 9.17) is 11.6 Å². The van der Waals surface area contributed by atoms with Crippen LogP contribution in [0.5, 0.6) is 0 Å². The first kappa shape index (κ1) is 11.2. The maximum Gasteiger partial charge on any atom is 0.223 e. The van der Waals surface area contributed by atoms with Crippen LogP contribution in [0.3, 0.4) is 0 Å². The molecule has 0 saturated heterocycles. The highest BCUT2D eigenvalue weighted by molar-refractivity contribution is 6.28. The second-order valence-corrected chi connectivity index (χ2v) is 4.57. The number of nitrogens with zero attached hydrogens (tertiary/aromatic N) is 2. The Kier molecular flexibility index (Phi) is 2.73. The van der Waals surface area contributed by atoms with E-state index in [2.05, 4.69) is 16.0 Å². The monoisotopic (exact) mass is 254 g/mol. The van der Waals surface area contributed by atoms with Gasteiger partial charge in [0.2, 0.25) is 5.28 Å². The Morgan fingerprint density at radius 1 is 0.944 bits per heavy atom. The van der Waals surface area contributed by atoms with Gasteiger partial charge in [-0.25, -0.2) is 9.97 Å². The van der Waals surface area contributed by atoms with Gasteiger partial charge in [-0.05, 0) is 30.2 Å². The lowest BCUT2D eigenvalue weighted by molar-refractivity contribution is 1.22. The van der Waals surface area contributed by atoms with E-state index in [1.807, 2.05) is 49.4 Å². The highest BCUT2D eigenvalue weighted by atomic mass is 35.5. The smallest absolute Gasteiger partial charge is 0.218 e. The van der Waals surface area contributed by atoms with Crippen LogP contribution in [-0.4, -0.2) is 9.97 Å². The molecule has 0 aliphatic carbocycles. The van der Waals surface area contributed by atoms with Crippen LogP contribution in [0.1, 0.15) is 5.56 Å². The summed E-state index contributed by atoms with van der Waals surface area (Å²) in [6, 6.07) is 16.1. The van der Waals surface area contributed by atoms with Crippen molar-refractivity contribution in [1.82, 2.24) is 9.97 Å². The molecule has 88 valence electrons. The normalized spacial score (nSPS) is 10.8. The molecule has 0 amide bonds. The highest BCUT2D eigenvalue weighted by Crippen LogP contribution is 2.27. The number of halogens is 1. The molecule has 2 nitrogen and oxygen atoms in total. The molecule has 0 atom stereocenters. The molecule has 0 aliphatic heterocycles. The first-order valence-corrected chi connectivity index (χ1v) is 6.11. The zero-order valence-corrected chi connectivity index (χ0v) is 10.6. The summed E-state index contributed by atoms with van der Waals surface area (Å²) in [6.45, 7) is 2.04. The van der Waals surface area contributed by atoms with Crippen LogP contribution in [0, 0.1) is 6.92 Å². The molecule has 3 heteroatoms. The molecule has 0 fully saturated rings. The number of hydrogen-bond acceptors (Lipinski definition) is 2. The van der Waals surface area contributed by atoms with Gasteiger partial charge in [-0.2, -0.15) is 0 Å². The molecule has 0 N–H and O–H groups in total. The van der Waals surface area contributed by atoms with Crippen molar-refractivity contribution in [2.75, 3.05) is 0 Å². The quantitative estimate of drug-likeness (QED) is 0.607. The predicted molar refractivity (Wildman–Crippen MR) is 74.7 cm³/mol. The van der Waals surface area contributed by atoms with Gasteiger partial charge in [0.15, 0.2) is 0 Å². The van der Waals surface area contributed by atoms with Crippen molar-refractivity contribution in [1.29, 1.82) is 0 Å². The van der Waals surface area contributed by atoms with Gasteiger partial charge in [0.05, 0.1) is 11.2 Å². The summed E-state index contributed by atoms with van der Waals surface area (Å²) < 4.78 is 0. The first-order chi connectivity index (χ1) is 8.74. The van der Waals surface area contributed by atoms with Crippen LogP contribution in [0.15, 0.2) is 48.5 Å². The molecule has 2 aromatic carbocycles. The molecule has 0 unspecified atom stereocenters. The van der Waals surface area contributed by atoms with Gasteiger partial charge in [-0.1, -0.05) is 42.5 Å². The number of rotatable bonds is 1. The number of hydrogen-bond donors (Lipinski definition) is 0. The minimum atomic E-state index is 0.284. The molecule has 1 aromatic heterocycles. The molecule has 0 aliphatic rings. The van der Waals surface area contributed by atoms with Crippen molar-refractivity contribution in [2.45, 2.75) is 6.92 Å². The van der Waals surface area contributed by atoms with E-state index >= 15 is 0 Å². The largest absolute Gasteiger partial charge is 0.223 e. The van der Waals surface area contributed by atoms with Crippen LogP contribution >= 0.6 is 11.6 Å². The summed E-state index contributed by atoms with van der Waals surface area (Å²) in [7, 11) is 0. The van der Waals surface area contributed by atoms with Crippen LogP contribution in [-0.2, 0) is 0 Å². The predicted octanol–water partition coefficient (Wildman–Crippen LogP) is 4.26. The van der Waals surface area contributed by atoms with Gasteiger partial charge in [-0.3, -0.25) is 0 Å². The zero-order valence-electron chi connectivity index (χ0n) is 9.89. The SMILES string of the molecule is Cc1ccc2c(-c3ccccc3)nc(Cl)nc2c1. The van der Waals surface area contributed by atoms with E-state index in [-0.39, 0.29) is 5.28 Å². The summed E-state index contributed by atoms with van der Waals surface area (Å²) in [4.78, 5) is 8.63. The summed E-state index contributed by atoms with van der Waals surface area (Å²) in [6.07, 6.45) is 0. The first-order valence-electron chi connectivity index (χ1n) is 5.73. The van der Waals surface area contributed by atoms with Gasteiger partial charge in [0.25, 0.3) is 0 Å². The summed E-state index contributed by atoms with van der Waals surface area (Å²) in [5, 5.41) is 1.31. The van der Waals surface area contributed by atoms with Crippen molar-refractivity contribution in [2.24, 2.45) is 0 Å². The summed E-state index contributed by atoms with van der Waals surface area (Å²) >= 11 is 6.00. The fraction of sp³-hybridized carbons (Fsp3) is 0.0667. The molecule has 18 heavy (non-hydrogen) atoms. The Bertz CT molecular complexity index is 703. The third-order valence-electron chi connectivity index (χ3n) is 2.87. The van der Waals surface area contributed by atoms with E-state index in [0.717, 1.165) is 27.7 Å². The minimum absolute atomic E-state index is 0.284. The molecule has 1 heterocycles. The fourth-order valence-electron chi connectivity index (χ4n) is 2.03. The van der Waals surface area contributed by atoms with Gasteiger partial charge >= 0.3 is 0 Å². The molecule has 0 spiro atoms. The van der Waals surface area contributed by atoms with Gasteiger partial charge in [0, 0.05) is 10.9 Å². The Balaban J connectivity index is 2.35. The fourth-order valence-corrected chi connectivity index (χ4v) is 2.20. The standard InChI is InChI=1S/C15H11ClN2/c1-10-7-8-12-13(9-10)17-15(16)18-14(12)11-5-3-2-4-6-11/h2-9H,1H3. The van der Waals surface area contributed by atoms with E-state index in [1.165, 1.54) is 0 Å². The average Bonchev–Trinajstić information content (AvgIpc) is 2.38. The van der Waals surface area contributed by atoms with Gasteiger partial charge < -0.3 is 0 Å². The lowest BCUT2D eigenvalue weighted by atomic mass is 10.1. The van der Waals surface area contributed by atoms with Gasteiger partial charge in [0.1, 0.15) is 0 Å². The van der Waals surface area contributed by atoms with E-state index in [0.29, 0.717) is 0 Å². The van der Waals surface area contributed by atoms with E-state index < -0.39 is 0 Å². The zero-order chi connectivity index (χ0) is 12.5. The van der Waals surface area contributed by atoms with Crippen molar-refractivity contribution < 1.29 is 0 Å². The Hall–Kier alpha value is -1.93. The molecule has 0 radical (unpaired) electrons. The maximum atomic E-state index is 6.00. The Labute approximate surface area is 110 Å². The van der Waals surface area contributed by atoms with Crippen molar-refractivity contribution in [3.05, 3.63) is 59.4 Å². The highest BCUT2D eigenvalue weighted by Gasteiger charge is 2.08. The van der Waals surface area contributed by atoms with Crippen LogP contribution in [0.4, 0.5) is 0 Å². The van der Waals surface area contributed by atoms with E-state index in [9.17, 15) is 0 Å². The number of aromatic nitrogens is 2. The molecule has 0 bridgehead atoms. The molecule has 3 rings (SSSR count). The van der Waals surface area contributed by atoms with Crippen LogP contribution in [0.2, 0.25) is 5.28 Å². The number of aryl methyl sites for hydroxylation is 1. The topological polar surface area (TPSA) is 25.8 Å². The average molecular weight is 255 g/mol. The Morgan fingerprint density at radius 2 is 1.72 bits per heavy atom. The second kappa shape index (κ2) is 4.39. The summed E-state index contributed by atoms with van der Waals surface area (Å²) in [5.74, 6) is 0.